The lowest BCUT2D eigenvalue weighted by Crippen LogP contribution is -2.45. The van der Waals surface area contributed by atoms with Crippen molar-refractivity contribution in [1.29, 1.82) is 0 Å². The van der Waals surface area contributed by atoms with Crippen molar-refractivity contribution in [2.75, 3.05) is 27.7 Å². The van der Waals surface area contributed by atoms with E-state index in [1.165, 1.54) is 4.90 Å². The molecule has 1 rings (SSSR count). The van der Waals surface area contributed by atoms with E-state index in [2.05, 4.69) is 0 Å². The predicted octanol–water partition coefficient (Wildman–Crippen LogP) is -0.130. The van der Waals surface area contributed by atoms with E-state index in [0.717, 1.165) is 12.8 Å². The van der Waals surface area contributed by atoms with E-state index in [9.17, 15) is 9.59 Å². The Morgan fingerprint density at radius 1 is 1.33 bits per heavy atom. The highest BCUT2D eigenvalue weighted by atomic mass is 16.4. The molecule has 15 heavy (non-hydrogen) atoms. The number of aliphatic carboxylic acids is 1. The van der Waals surface area contributed by atoms with Crippen molar-refractivity contribution in [2.24, 2.45) is 5.92 Å². The number of rotatable bonds is 5. The molecule has 86 valence electrons. The molecule has 1 saturated carbocycles. The second-order valence-electron chi connectivity index (χ2n) is 4.32. The molecule has 0 saturated heterocycles. The van der Waals surface area contributed by atoms with Crippen molar-refractivity contribution < 1.29 is 14.7 Å². The normalized spacial score (nSPS) is 17.6. The molecular formula is C10H18N2O3. The average Bonchev–Trinajstić information content (AvgIpc) is 2.87. The van der Waals surface area contributed by atoms with Gasteiger partial charge >= 0.3 is 5.97 Å². The van der Waals surface area contributed by atoms with Gasteiger partial charge in [0.1, 0.15) is 6.04 Å². The molecule has 0 spiro atoms. The quantitative estimate of drug-likeness (QED) is 0.692. The third-order valence-corrected chi connectivity index (χ3v) is 2.68. The summed E-state index contributed by atoms with van der Waals surface area (Å²) in [6.07, 6.45) is 1.91. The van der Waals surface area contributed by atoms with E-state index in [0.29, 0.717) is 0 Å². The van der Waals surface area contributed by atoms with Gasteiger partial charge in [0.2, 0.25) is 5.91 Å². The maximum absolute atomic E-state index is 11.4. The standard InChI is InChI=1S/C10H18N2O3/c1-11(2)8(13)6-12(3)9(10(14)15)7-4-5-7/h7,9H,4-6H2,1-3H3,(H,14,15). The Morgan fingerprint density at radius 2 is 1.87 bits per heavy atom. The molecule has 5 heteroatoms. The van der Waals surface area contributed by atoms with Crippen molar-refractivity contribution in [3.63, 3.8) is 0 Å². The van der Waals surface area contributed by atoms with E-state index in [4.69, 9.17) is 5.11 Å². The zero-order valence-corrected chi connectivity index (χ0v) is 9.43. The predicted molar refractivity (Wildman–Crippen MR) is 55.5 cm³/mol. The highest BCUT2D eigenvalue weighted by Crippen LogP contribution is 2.35. The Morgan fingerprint density at radius 3 is 2.20 bits per heavy atom. The number of carbonyl (C=O) groups is 2. The van der Waals surface area contributed by atoms with Gasteiger partial charge < -0.3 is 10.0 Å². The molecule has 1 unspecified atom stereocenters. The Hall–Kier alpha value is -1.10. The number of hydrogen-bond donors (Lipinski definition) is 1. The zero-order valence-electron chi connectivity index (χ0n) is 9.43. The van der Waals surface area contributed by atoms with Gasteiger partial charge in [0.25, 0.3) is 0 Å². The monoisotopic (exact) mass is 214 g/mol. The smallest absolute Gasteiger partial charge is 0.321 e. The number of amides is 1. The maximum atomic E-state index is 11.4. The van der Waals surface area contributed by atoms with Gasteiger partial charge in [-0.1, -0.05) is 0 Å². The Labute approximate surface area is 89.7 Å². The van der Waals surface area contributed by atoms with E-state index < -0.39 is 12.0 Å². The van der Waals surface area contributed by atoms with Crippen LogP contribution < -0.4 is 0 Å². The number of hydrogen-bond acceptors (Lipinski definition) is 3. The van der Waals surface area contributed by atoms with Gasteiger partial charge in [-0.2, -0.15) is 0 Å². The fraction of sp³-hybridized carbons (Fsp3) is 0.800. The molecule has 0 aromatic carbocycles. The lowest BCUT2D eigenvalue weighted by molar-refractivity contribution is -0.144. The molecule has 1 N–H and O–H groups in total. The second kappa shape index (κ2) is 4.61. The molecule has 1 amide bonds. The first-order valence-corrected chi connectivity index (χ1v) is 5.06. The van der Waals surface area contributed by atoms with Crippen LogP contribution in [0.2, 0.25) is 0 Å². The van der Waals surface area contributed by atoms with E-state index in [-0.39, 0.29) is 18.4 Å². The largest absolute Gasteiger partial charge is 0.480 e. The summed E-state index contributed by atoms with van der Waals surface area (Å²) in [6, 6.07) is -0.506. The highest BCUT2D eigenvalue weighted by molar-refractivity contribution is 5.79. The second-order valence-corrected chi connectivity index (χ2v) is 4.32. The first-order valence-electron chi connectivity index (χ1n) is 5.06. The topological polar surface area (TPSA) is 60.9 Å². The van der Waals surface area contributed by atoms with Gasteiger partial charge in [-0.3, -0.25) is 14.5 Å². The lowest BCUT2D eigenvalue weighted by Gasteiger charge is -2.25. The number of likely N-dealkylation sites (N-methyl/N-ethyl adjacent to an activating group) is 2. The van der Waals surface area contributed by atoms with Crippen LogP contribution in [-0.4, -0.2) is 60.5 Å². The number of carboxylic acid groups (broad SMARTS) is 1. The molecule has 1 aliphatic rings. The first-order chi connectivity index (χ1) is 6.93. The average molecular weight is 214 g/mol. The van der Waals surface area contributed by atoms with Crippen LogP contribution in [0.3, 0.4) is 0 Å². The molecular weight excluding hydrogens is 196 g/mol. The van der Waals surface area contributed by atoms with Crippen molar-refractivity contribution in [3.8, 4) is 0 Å². The SMILES string of the molecule is CN(C)C(=O)CN(C)C(C(=O)O)C1CC1. The number of carboxylic acids is 1. The van der Waals surface area contributed by atoms with Crippen LogP contribution in [0, 0.1) is 5.92 Å². The van der Waals surface area contributed by atoms with E-state index >= 15 is 0 Å². The Bertz CT molecular complexity index is 261. The van der Waals surface area contributed by atoms with Gasteiger partial charge in [0.15, 0.2) is 0 Å². The third kappa shape index (κ3) is 3.20. The van der Waals surface area contributed by atoms with Crippen LogP contribution in [0.15, 0.2) is 0 Å². The number of nitrogens with zero attached hydrogens (tertiary/aromatic N) is 2. The zero-order chi connectivity index (χ0) is 11.6. The van der Waals surface area contributed by atoms with Crippen LogP contribution in [0.1, 0.15) is 12.8 Å². The van der Waals surface area contributed by atoms with Gasteiger partial charge in [0.05, 0.1) is 6.54 Å². The molecule has 1 aliphatic carbocycles. The van der Waals surface area contributed by atoms with Crippen LogP contribution in [0.25, 0.3) is 0 Å². The minimum absolute atomic E-state index is 0.0654. The summed E-state index contributed by atoms with van der Waals surface area (Å²) in [4.78, 5) is 25.5. The van der Waals surface area contributed by atoms with Crippen molar-refractivity contribution in [3.05, 3.63) is 0 Å². The van der Waals surface area contributed by atoms with Gasteiger partial charge in [-0.05, 0) is 25.8 Å². The highest BCUT2D eigenvalue weighted by Gasteiger charge is 2.39. The molecule has 0 heterocycles. The van der Waals surface area contributed by atoms with Crippen LogP contribution in [-0.2, 0) is 9.59 Å². The molecule has 5 nitrogen and oxygen atoms in total. The fourth-order valence-corrected chi connectivity index (χ4v) is 1.62. The Kier molecular flexibility index (Phi) is 3.68. The summed E-state index contributed by atoms with van der Waals surface area (Å²) >= 11 is 0. The van der Waals surface area contributed by atoms with Gasteiger partial charge in [-0.25, -0.2) is 0 Å². The minimum Gasteiger partial charge on any atom is -0.480 e. The minimum atomic E-state index is -0.827. The van der Waals surface area contributed by atoms with Crippen molar-refractivity contribution >= 4 is 11.9 Å². The molecule has 0 aromatic heterocycles. The summed E-state index contributed by atoms with van der Waals surface area (Å²) in [6.45, 7) is 0.167. The van der Waals surface area contributed by atoms with Crippen LogP contribution in [0.4, 0.5) is 0 Å². The lowest BCUT2D eigenvalue weighted by atomic mass is 10.1. The Balaban J connectivity index is 2.52. The van der Waals surface area contributed by atoms with E-state index in [1.54, 1.807) is 26.0 Å². The third-order valence-electron chi connectivity index (χ3n) is 2.68. The van der Waals surface area contributed by atoms with Crippen LogP contribution in [0.5, 0.6) is 0 Å². The molecule has 1 atom stereocenters. The molecule has 0 radical (unpaired) electrons. The summed E-state index contributed by atoms with van der Waals surface area (Å²) in [7, 11) is 5.03. The first kappa shape index (κ1) is 12.0. The summed E-state index contributed by atoms with van der Waals surface area (Å²) < 4.78 is 0. The molecule has 1 fully saturated rings. The van der Waals surface area contributed by atoms with Gasteiger partial charge in [0, 0.05) is 14.1 Å². The van der Waals surface area contributed by atoms with Gasteiger partial charge in [-0.15, -0.1) is 0 Å². The molecule has 0 aromatic rings. The van der Waals surface area contributed by atoms with Crippen molar-refractivity contribution in [1.82, 2.24) is 9.80 Å². The van der Waals surface area contributed by atoms with Crippen molar-refractivity contribution in [2.45, 2.75) is 18.9 Å². The summed E-state index contributed by atoms with van der Waals surface area (Å²) in [5.41, 5.74) is 0. The fourth-order valence-electron chi connectivity index (χ4n) is 1.62. The number of carbonyl (C=O) groups excluding carboxylic acids is 1. The van der Waals surface area contributed by atoms with Crippen LogP contribution >= 0.6 is 0 Å². The van der Waals surface area contributed by atoms with E-state index in [1.807, 2.05) is 0 Å². The molecule has 0 aliphatic heterocycles. The summed E-state index contributed by atoms with van der Waals surface area (Å²) in [5.74, 6) is -0.668. The summed E-state index contributed by atoms with van der Waals surface area (Å²) in [5, 5.41) is 9.04. The maximum Gasteiger partial charge on any atom is 0.321 e. The molecule has 0 bridgehead atoms.